The summed E-state index contributed by atoms with van der Waals surface area (Å²) in [6, 6.07) is 6.33. The van der Waals surface area contributed by atoms with Crippen molar-refractivity contribution >= 4 is 41.1 Å². The second-order valence-corrected chi connectivity index (χ2v) is 8.35. The minimum Gasteiger partial charge on any atom is -0.481 e. The van der Waals surface area contributed by atoms with E-state index in [2.05, 4.69) is 14.9 Å². The van der Waals surface area contributed by atoms with E-state index < -0.39 is 41.5 Å². The summed E-state index contributed by atoms with van der Waals surface area (Å²) in [4.78, 5) is 58.5. The molecule has 1 heterocycles. The lowest BCUT2D eigenvalue weighted by molar-refractivity contribution is -0.139. The molecule has 34 heavy (non-hydrogen) atoms. The molecule has 182 valence electrons. The molecular formula is C22H26N4O7S. The average Bonchev–Trinajstić information content (AvgIpc) is 3.32. The molecule has 2 aromatic rings. The highest BCUT2D eigenvalue weighted by molar-refractivity contribution is 7.03. The predicted octanol–water partition coefficient (Wildman–Crippen LogP) is 1.41. The van der Waals surface area contributed by atoms with E-state index in [1.165, 1.54) is 11.5 Å². The molecule has 0 saturated heterocycles. The number of primary amides is 1. The summed E-state index contributed by atoms with van der Waals surface area (Å²) in [7, 11) is 0. The van der Waals surface area contributed by atoms with Crippen molar-refractivity contribution in [2.45, 2.75) is 51.0 Å². The molecule has 0 spiro atoms. The Labute approximate surface area is 199 Å². The third-order valence-corrected chi connectivity index (χ3v) is 5.68. The van der Waals surface area contributed by atoms with Crippen LogP contribution in [0.1, 0.15) is 44.1 Å². The van der Waals surface area contributed by atoms with Gasteiger partial charge in [0.05, 0.1) is 6.04 Å². The number of amides is 2. The molecule has 5 N–H and O–H groups in total. The molecule has 0 aliphatic rings. The zero-order chi connectivity index (χ0) is 25.1. The molecule has 0 radical (unpaired) electrons. The number of aliphatic carboxylic acids is 2. The van der Waals surface area contributed by atoms with Crippen LogP contribution in [-0.4, -0.2) is 55.4 Å². The summed E-state index contributed by atoms with van der Waals surface area (Å²) in [5.41, 5.74) is 7.82. The molecule has 0 saturated carbocycles. The number of rotatable bonds is 15. The van der Waals surface area contributed by atoms with E-state index in [1.807, 2.05) is 29.6 Å². The second kappa shape index (κ2) is 13.1. The maximum atomic E-state index is 12.7. The zero-order valence-corrected chi connectivity index (χ0v) is 19.1. The fourth-order valence-corrected chi connectivity index (χ4v) is 3.73. The van der Waals surface area contributed by atoms with Crippen LogP contribution in [0, 0.1) is 5.92 Å². The number of aromatic nitrogens is 2. The Morgan fingerprint density at radius 1 is 0.971 bits per heavy atom. The van der Waals surface area contributed by atoms with Crippen LogP contribution in [0.3, 0.4) is 0 Å². The van der Waals surface area contributed by atoms with Gasteiger partial charge in [0, 0.05) is 42.5 Å². The minimum absolute atomic E-state index is 0.0622. The number of aryl methyl sites for hydroxylation is 1. The van der Waals surface area contributed by atoms with E-state index >= 15 is 0 Å². The monoisotopic (exact) mass is 490 g/mol. The van der Waals surface area contributed by atoms with Crippen LogP contribution in [0.4, 0.5) is 0 Å². The first-order valence-electron chi connectivity index (χ1n) is 10.6. The summed E-state index contributed by atoms with van der Waals surface area (Å²) in [5.74, 6) is -5.12. The number of nitrogens with zero attached hydrogens (tertiary/aromatic N) is 2. The van der Waals surface area contributed by atoms with E-state index in [-0.39, 0.29) is 38.5 Å². The lowest BCUT2D eigenvalue weighted by Crippen LogP contribution is -2.43. The first-order valence-corrected chi connectivity index (χ1v) is 11.4. The van der Waals surface area contributed by atoms with Gasteiger partial charge in [-0.25, -0.2) is 0 Å². The molecule has 0 aliphatic carbocycles. The summed E-state index contributed by atoms with van der Waals surface area (Å²) >= 11 is 1.25. The van der Waals surface area contributed by atoms with E-state index in [4.69, 9.17) is 15.9 Å². The van der Waals surface area contributed by atoms with Gasteiger partial charge in [0.25, 0.3) is 0 Å². The number of hydrogen-bond acceptors (Lipinski definition) is 8. The van der Waals surface area contributed by atoms with Gasteiger partial charge in [0.2, 0.25) is 11.8 Å². The Morgan fingerprint density at radius 2 is 1.62 bits per heavy atom. The second-order valence-electron chi connectivity index (χ2n) is 7.74. The van der Waals surface area contributed by atoms with Crippen LogP contribution >= 0.6 is 11.5 Å². The minimum atomic E-state index is -1.14. The largest absolute Gasteiger partial charge is 0.481 e. The highest BCUT2D eigenvalue weighted by atomic mass is 32.1. The van der Waals surface area contributed by atoms with E-state index in [0.717, 1.165) is 16.8 Å². The van der Waals surface area contributed by atoms with Crippen molar-refractivity contribution in [1.82, 2.24) is 14.9 Å². The Balaban J connectivity index is 1.95. The number of nitrogens with one attached hydrogen (secondary N) is 1. The Kier molecular flexibility index (Phi) is 10.3. The van der Waals surface area contributed by atoms with Crippen molar-refractivity contribution in [3.05, 3.63) is 35.2 Å². The highest BCUT2D eigenvalue weighted by Gasteiger charge is 2.27. The van der Waals surface area contributed by atoms with Crippen LogP contribution in [0.15, 0.2) is 29.6 Å². The van der Waals surface area contributed by atoms with Gasteiger partial charge in [-0.1, -0.05) is 28.8 Å². The molecule has 0 bridgehead atoms. The van der Waals surface area contributed by atoms with Gasteiger partial charge in [-0.2, -0.15) is 0 Å². The number of carboxylic acids is 2. The summed E-state index contributed by atoms with van der Waals surface area (Å²) < 4.78 is 3.82. The van der Waals surface area contributed by atoms with Gasteiger partial charge in [-0.3, -0.25) is 24.0 Å². The molecule has 0 unspecified atom stereocenters. The summed E-state index contributed by atoms with van der Waals surface area (Å²) in [5, 5.41) is 26.1. The average molecular weight is 491 g/mol. The van der Waals surface area contributed by atoms with Crippen molar-refractivity contribution in [3.63, 3.8) is 0 Å². The van der Waals surface area contributed by atoms with Gasteiger partial charge in [-0.15, -0.1) is 5.10 Å². The van der Waals surface area contributed by atoms with Crippen LogP contribution in [0.25, 0.3) is 11.3 Å². The third kappa shape index (κ3) is 9.06. The molecule has 11 nitrogen and oxygen atoms in total. The maximum Gasteiger partial charge on any atom is 0.303 e. The number of nitrogens with two attached hydrogens (primary N) is 1. The molecule has 12 heteroatoms. The summed E-state index contributed by atoms with van der Waals surface area (Å²) in [6.45, 7) is 0. The molecule has 1 aromatic carbocycles. The normalized spacial score (nSPS) is 12.5. The van der Waals surface area contributed by atoms with E-state index in [0.29, 0.717) is 6.42 Å². The quantitative estimate of drug-likeness (QED) is 0.286. The van der Waals surface area contributed by atoms with Crippen molar-refractivity contribution in [2.75, 3.05) is 0 Å². The van der Waals surface area contributed by atoms with Crippen LogP contribution < -0.4 is 11.1 Å². The highest BCUT2D eigenvalue weighted by Crippen LogP contribution is 2.19. The Morgan fingerprint density at radius 3 is 2.18 bits per heavy atom. The summed E-state index contributed by atoms with van der Waals surface area (Å²) in [6.07, 6.45) is -0.898. The van der Waals surface area contributed by atoms with E-state index in [9.17, 15) is 24.0 Å². The third-order valence-electron chi connectivity index (χ3n) is 5.18. The number of Topliss-reactive ketones (excluding diaryl/α,β-unsaturated/α-hetero) is 1. The number of carboxylic acid groups (broad SMARTS) is 2. The number of carbonyl (C=O) groups excluding carboxylic acids is 3. The van der Waals surface area contributed by atoms with Gasteiger partial charge in [-0.05, 0) is 36.4 Å². The fraction of sp³-hybridized carbons (Fsp3) is 0.409. The van der Waals surface area contributed by atoms with Gasteiger partial charge in [0.15, 0.2) is 5.78 Å². The maximum absolute atomic E-state index is 12.7. The molecule has 1 aromatic heterocycles. The lowest BCUT2D eigenvalue weighted by atomic mass is 9.92. The van der Waals surface area contributed by atoms with Crippen molar-refractivity contribution in [2.24, 2.45) is 11.7 Å². The lowest BCUT2D eigenvalue weighted by Gasteiger charge is -2.19. The zero-order valence-electron chi connectivity index (χ0n) is 18.3. The smallest absolute Gasteiger partial charge is 0.303 e. The van der Waals surface area contributed by atoms with Crippen molar-refractivity contribution < 1.29 is 34.2 Å². The first-order chi connectivity index (χ1) is 16.2. The van der Waals surface area contributed by atoms with Crippen LogP contribution in [-0.2, 0) is 30.4 Å². The molecule has 2 rings (SSSR count). The molecule has 0 aliphatic heterocycles. The Bertz CT molecular complexity index is 1010. The number of hydrogen-bond donors (Lipinski definition) is 4. The van der Waals surface area contributed by atoms with Gasteiger partial charge in [0.1, 0.15) is 5.69 Å². The van der Waals surface area contributed by atoms with Crippen LogP contribution in [0.5, 0.6) is 0 Å². The SMILES string of the molecule is NC(=O)[C@H](CCC(=O)O)CC(=O)[C@H](CCC(=O)O)NC(=O)CCc1ccc(-c2csnn2)cc1. The predicted molar refractivity (Wildman–Crippen MR) is 122 cm³/mol. The number of ketones is 1. The van der Waals surface area contributed by atoms with Crippen LogP contribution in [0.2, 0.25) is 0 Å². The molecular weight excluding hydrogens is 464 g/mol. The Hall–Kier alpha value is -3.67. The van der Waals surface area contributed by atoms with Gasteiger partial charge < -0.3 is 21.3 Å². The topological polar surface area (TPSA) is 190 Å². The molecule has 2 atom stereocenters. The fourth-order valence-electron chi connectivity index (χ4n) is 3.27. The number of carbonyl (C=O) groups is 5. The van der Waals surface area contributed by atoms with Crippen molar-refractivity contribution in [3.8, 4) is 11.3 Å². The molecule has 0 fully saturated rings. The standard InChI is InChI=1S/C22H26N4O7S/c23-22(33)15(6-9-20(29)30)11-18(27)16(7-10-21(31)32)24-19(28)8-3-13-1-4-14(5-2-13)17-12-34-26-25-17/h1-2,4-5,12,15-16H,3,6-11H2,(H2,23,33)(H,24,28)(H,29,30)(H,31,32)/t15-,16+/m1/s1. The van der Waals surface area contributed by atoms with Gasteiger partial charge >= 0.3 is 11.9 Å². The first kappa shape index (κ1) is 26.6. The number of benzene rings is 1. The van der Waals surface area contributed by atoms with E-state index in [1.54, 1.807) is 0 Å². The van der Waals surface area contributed by atoms with Crippen molar-refractivity contribution in [1.29, 1.82) is 0 Å². The molecule has 2 amide bonds.